The second-order valence-electron chi connectivity index (χ2n) is 3.33. The Morgan fingerprint density at radius 1 is 1.47 bits per heavy atom. The van der Waals surface area contributed by atoms with Crippen LogP contribution in [0.4, 0.5) is 5.13 Å². The normalized spacial score (nSPS) is 21.5. The first-order valence-electron chi connectivity index (χ1n) is 4.86. The molecule has 2 heterocycles. The molecule has 1 fully saturated rings. The summed E-state index contributed by atoms with van der Waals surface area (Å²) in [5.41, 5.74) is 5.32. The standard InChI is InChI=1S/C7H12N4O4S2/c8-6-10-11-7(16-6)17(12,13)9-3-5-4-14-1-2-15-5/h5,9H,1-4H2,(H2,8,10). The van der Waals surface area contributed by atoms with Crippen molar-refractivity contribution in [2.45, 2.75) is 10.4 Å². The van der Waals surface area contributed by atoms with Crippen molar-refractivity contribution in [3.8, 4) is 0 Å². The van der Waals surface area contributed by atoms with Gasteiger partial charge in [0.1, 0.15) is 0 Å². The Labute approximate surface area is 102 Å². The van der Waals surface area contributed by atoms with Gasteiger partial charge in [-0.15, -0.1) is 10.2 Å². The molecule has 96 valence electrons. The minimum Gasteiger partial charge on any atom is -0.376 e. The zero-order valence-electron chi connectivity index (χ0n) is 8.83. The van der Waals surface area contributed by atoms with Gasteiger partial charge < -0.3 is 15.2 Å². The molecule has 1 saturated heterocycles. The van der Waals surface area contributed by atoms with Gasteiger partial charge in [0, 0.05) is 6.54 Å². The predicted molar refractivity (Wildman–Crippen MR) is 60.1 cm³/mol. The molecule has 0 bridgehead atoms. The van der Waals surface area contributed by atoms with Crippen LogP contribution in [0.25, 0.3) is 0 Å². The molecular weight excluding hydrogens is 268 g/mol. The van der Waals surface area contributed by atoms with Gasteiger partial charge in [-0.05, 0) is 0 Å². The molecule has 1 unspecified atom stereocenters. The molecule has 1 atom stereocenters. The first-order chi connectivity index (χ1) is 8.08. The molecule has 1 aromatic rings. The summed E-state index contributed by atoms with van der Waals surface area (Å²) in [4.78, 5) is 0. The van der Waals surface area contributed by atoms with E-state index in [1.165, 1.54) is 0 Å². The van der Waals surface area contributed by atoms with E-state index in [0.717, 1.165) is 11.3 Å². The molecule has 10 heteroatoms. The second-order valence-corrected chi connectivity index (χ2v) is 6.28. The summed E-state index contributed by atoms with van der Waals surface area (Å²) in [6.07, 6.45) is -0.274. The number of nitrogens with one attached hydrogen (secondary N) is 1. The summed E-state index contributed by atoms with van der Waals surface area (Å²) in [5.74, 6) is 0. The summed E-state index contributed by atoms with van der Waals surface area (Å²) in [5, 5.41) is 7.03. The van der Waals surface area contributed by atoms with E-state index in [0.29, 0.717) is 19.8 Å². The number of hydrogen-bond acceptors (Lipinski definition) is 8. The van der Waals surface area contributed by atoms with Crippen molar-refractivity contribution in [2.24, 2.45) is 0 Å². The van der Waals surface area contributed by atoms with E-state index >= 15 is 0 Å². The quantitative estimate of drug-likeness (QED) is 0.712. The van der Waals surface area contributed by atoms with Crippen LogP contribution >= 0.6 is 11.3 Å². The monoisotopic (exact) mass is 280 g/mol. The van der Waals surface area contributed by atoms with Crippen LogP contribution in [0.2, 0.25) is 0 Å². The number of ether oxygens (including phenoxy) is 2. The van der Waals surface area contributed by atoms with Gasteiger partial charge in [-0.1, -0.05) is 11.3 Å². The molecule has 3 N–H and O–H groups in total. The molecule has 8 nitrogen and oxygen atoms in total. The van der Waals surface area contributed by atoms with Crippen LogP contribution in [0, 0.1) is 0 Å². The maximum Gasteiger partial charge on any atom is 0.269 e. The number of nitrogens with two attached hydrogens (primary N) is 1. The van der Waals surface area contributed by atoms with Crippen molar-refractivity contribution in [3.05, 3.63) is 0 Å². The number of nitrogens with zero attached hydrogens (tertiary/aromatic N) is 2. The Balaban J connectivity index is 1.93. The van der Waals surface area contributed by atoms with Crippen molar-refractivity contribution in [3.63, 3.8) is 0 Å². The summed E-state index contributed by atoms with van der Waals surface area (Å²) < 4.78 is 36.2. The molecular formula is C7H12N4O4S2. The summed E-state index contributed by atoms with van der Waals surface area (Å²) in [7, 11) is -3.66. The Kier molecular flexibility index (Phi) is 3.89. The Bertz CT molecular complexity index is 468. The van der Waals surface area contributed by atoms with Crippen LogP contribution in [0.3, 0.4) is 0 Å². The van der Waals surface area contributed by atoms with Crippen LogP contribution in [-0.2, 0) is 19.5 Å². The molecule has 17 heavy (non-hydrogen) atoms. The average molecular weight is 280 g/mol. The molecule has 0 saturated carbocycles. The first-order valence-corrected chi connectivity index (χ1v) is 7.16. The van der Waals surface area contributed by atoms with Crippen LogP contribution in [-0.4, -0.2) is 51.1 Å². The van der Waals surface area contributed by atoms with Crippen LogP contribution in [0.1, 0.15) is 0 Å². The lowest BCUT2D eigenvalue weighted by atomic mass is 10.3. The highest BCUT2D eigenvalue weighted by atomic mass is 32.2. The lowest BCUT2D eigenvalue weighted by molar-refractivity contribution is -0.0846. The molecule has 0 radical (unpaired) electrons. The number of rotatable bonds is 4. The fourth-order valence-corrected chi connectivity index (χ4v) is 3.14. The van der Waals surface area contributed by atoms with Crippen molar-refractivity contribution in [2.75, 3.05) is 32.1 Å². The largest absolute Gasteiger partial charge is 0.376 e. The van der Waals surface area contributed by atoms with Crippen molar-refractivity contribution < 1.29 is 17.9 Å². The highest BCUT2D eigenvalue weighted by Gasteiger charge is 2.22. The molecule has 1 aliphatic heterocycles. The molecule has 2 rings (SSSR count). The van der Waals surface area contributed by atoms with Crippen LogP contribution in [0.5, 0.6) is 0 Å². The van der Waals surface area contributed by atoms with Gasteiger partial charge in [0.15, 0.2) is 0 Å². The van der Waals surface area contributed by atoms with E-state index in [4.69, 9.17) is 15.2 Å². The molecule has 0 spiro atoms. The number of hydrogen-bond donors (Lipinski definition) is 2. The number of anilines is 1. The topological polar surface area (TPSA) is 116 Å². The summed E-state index contributed by atoms with van der Waals surface area (Å²) in [6.45, 7) is 1.52. The minimum atomic E-state index is -3.66. The maximum atomic E-state index is 11.7. The molecule has 0 amide bonds. The lowest BCUT2D eigenvalue weighted by Crippen LogP contribution is -2.39. The highest BCUT2D eigenvalue weighted by molar-refractivity contribution is 7.91. The van der Waals surface area contributed by atoms with Crippen molar-refractivity contribution >= 4 is 26.5 Å². The zero-order valence-corrected chi connectivity index (χ0v) is 10.5. The number of aromatic nitrogens is 2. The zero-order chi connectivity index (χ0) is 12.3. The van der Waals surface area contributed by atoms with E-state index in [-0.39, 0.29) is 22.1 Å². The Hall–Kier alpha value is -0.810. The molecule has 0 aliphatic carbocycles. The minimum absolute atomic E-state index is 0.114. The van der Waals surface area contributed by atoms with Gasteiger partial charge in [0.25, 0.3) is 10.0 Å². The SMILES string of the molecule is Nc1nnc(S(=O)(=O)NCC2COCCO2)s1. The average Bonchev–Trinajstić information content (AvgIpc) is 2.76. The van der Waals surface area contributed by atoms with E-state index in [1.807, 2.05) is 0 Å². The first kappa shape index (κ1) is 12.6. The summed E-state index contributed by atoms with van der Waals surface area (Å²) in [6, 6.07) is 0. The Morgan fingerprint density at radius 3 is 2.88 bits per heavy atom. The molecule has 0 aromatic carbocycles. The highest BCUT2D eigenvalue weighted by Crippen LogP contribution is 2.16. The van der Waals surface area contributed by atoms with Gasteiger partial charge in [0.05, 0.1) is 25.9 Å². The van der Waals surface area contributed by atoms with Gasteiger partial charge in [-0.25, -0.2) is 13.1 Å². The molecule has 1 aliphatic rings. The summed E-state index contributed by atoms with van der Waals surface area (Å²) >= 11 is 0.814. The van der Waals surface area contributed by atoms with E-state index in [9.17, 15) is 8.42 Å². The van der Waals surface area contributed by atoms with Gasteiger partial charge in [-0.2, -0.15) is 0 Å². The van der Waals surface area contributed by atoms with E-state index < -0.39 is 10.0 Å². The lowest BCUT2D eigenvalue weighted by Gasteiger charge is -2.22. The van der Waals surface area contributed by atoms with E-state index in [1.54, 1.807) is 0 Å². The van der Waals surface area contributed by atoms with E-state index in [2.05, 4.69) is 14.9 Å². The molecule has 1 aromatic heterocycles. The smallest absolute Gasteiger partial charge is 0.269 e. The third-order valence-corrected chi connectivity index (χ3v) is 4.58. The maximum absolute atomic E-state index is 11.7. The number of sulfonamides is 1. The third kappa shape index (κ3) is 3.33. The number of nitrogen functional groups attached to an aromatic ring is 1. The predicted octanol–water partition coefficient (Wildman–Crippen LogP) is -1.19. The van der Waals surface area contributed by atoms with Gasteiger partial charge >= 0.3 is 0 Å². The van der Waals surface area contributed by atoms with Gasteiger partial charge in [-0.3, -0.25) is 0 Å². The third-order valence-electron chi connectivity index (χ3n) is 2.04. The second kappa shape index (κ2) is 5.23. The van der Waals surface area contributed by atoms with Crippen LogP contribution < -0.4 is 10.5 Å². The Morgan fingerprint density at radius 2 is 2.29 bits per heavy atom. The van der Waals surface area contributed by atoms with Crippen LogP contribution in [0.15, 0.2) is 4.34 Å². The van der Waals surface area contributed by atoms with Gasteiger partial charge in [0.2, 0.25) is 9.47 Å². The fraction of sp³-hybridized carbons (Fsp3) is 0.714. The van der Waals surface area contributed by atoms with Crippen molar-refractivity contribution in [1.82, 2.24) is 14.9 Å². The fourth-order valence-electron chi connectivity index (χ4n) is 1.25. The van der Waals surface area contributed by atoms with Crippen molar-refractivity contribution in [1.29, 1.82) is 0 Å².